The van der Waals surface area contributed by atoms with Crippen LogP contribution in [0.15, 0.2) is 30.6 Å². The van der Waals surface area contributed by atoms with Crippen LogP contribution in [0.25, 0.3) is 0 Å². The number of halogens is 1. The Labute approximate surface area is 111 Å². The fourth-order valence-electron chi connectivity index (χ4n) is 2.02. The van der Waals surface area contributed by atoms with Crippen molar-refractivity contribution in [3.05, 3.63) is 47.8 Å². The molecule has 0 radical (unpaired) electrons. The number of nitrogens with zero attached hydrogens (tertiary/aromatic N) is 3. The fourth-order valence-corrected chi connectivity index (χ4v) is 2.02. The van der Waals surface area contributed by atoms with Crippen LogP contribution in [0.2, 0.25) is 0 Å². The molecule has 102 valence electrons. The highest BCUT2D eigenvalue weighted by atomic mass is 19.1. The van der Waals surface area contributed by atoms with Gasteiger partial charge in [-0.25, -0.2) is 19.5 Å². The summed E-state index contributed by atoms with van der Waals surface area (Å²) in [6, 6.07) is 6.56. The molecule has 0 bridgehead atoms. The van der Waals surface area contributed by atoms with Crippen molar-refractivity contribution >= 4 is 0 Å². The summed E-state index contributed by atoms with van der Waals surface area (Å²) in [6.07, 6.45) is 1.91. The summed E-state index contributed by atoms with van der Waals surface area (Å²) in [7, 11) is 0. The van der Waals surface area contributed by atoms with E-state index in [1.807, 2.05) is 13.8 Å². The van der Waals surface area contributed by atoms with Gasteiger partial charge in [0.15, 0.2) is 0 Å². The van der Waals surface area contributed by atoms with Crippen LogP contribution in [0, 0.1) is 5.82 Å². The first-order valence-electron chi connectivity index (χ1n) is 6.22. The van der Waals surface area contributed by atoms with Gasteiger partial charge in [0.2, 0.25) is 0 Å². The lowest BCUT2D eigenvalue weighted by molar-refractivity contribution is 0.435. The molecule has 0 aliphatic rings. The number of benzene rings is 1. The first-order chi connectivity index (χ1) is 9.13. The minimum Gasteiger partial charge on any atom is -0.271 e. The van der Waals surface area contributed by atoms with Crippen molar-refractivity contribution in [1.29, 1.82) is 0 Å². The molecule has 1 aromatic heterocycles. The van der Waals surface area contributed by atoms with Gasteiger partial charge in [-0.1, -0.05) is 18.2 Å². The van der Waals surface area contributed by atoms with Gasteiger partial charge in [-0.15, -0.1) is 0 Å². The SMILES string of the molecule is CC(C)n1ncnc1C(Cc1ccccc1F)NN. The van der Waals surface area contributed by atoms with E-state index in [0.717, 1.165) is 0 Å². The number of nitrogens with two attached hydrogens (primary N) is 1. The number of hydrogen-bond donors (Lipinski definition) is 2. The first kappa shape index (κ1) is 13.6. The molecule has 1 heterocycles. The lowest BCUT2D eigenvalue weighted by Gasteiger charge is -2.18. The van der Waals surface area contributed by atoms with E-state index >= 15 is 0 Å². The van der Waals surface area contributed by atoms with Gasteiger partial charge < -0.3 is 0 Å². The Morgan fingerprint density at radius 3 is 2.74 bits per heavy atom. The van der Waals surface area contributed by atoms with Crippen LogP contribution in [-0.4, -0.2) is 14.8 Å². The van der Waals surface area contributed by atoms with Gasteiger partial charge in [0, 0.05) is 6.04 Å². The van der Waals surface area contributed by atoms with E-state index in [4.69, 9.17) is 5.84 Å². The maximum atomic E-state index is 13.7. The smallest absolute Gasteiger partial charge is 0.145 e. The normalized spacial score (nSPS) is 12.9. The van der Waals surface area contributed by atoms with E-state index in [2.05, 4.69) is 15.5 Å². The molecule has 3 N–H and O–H groups in total. The molecule has 0 fully saturated rings. The molecule has 6 heteroatoms. The number of aromatic nitrogens is 3. The zero-order valence-corrected chi connectivity index (χ0v) is 11.0. The summed E-state index contributed by atoms with van der Waals surface area (Å²) >= 11 is 0. The van der Waals surface area contributed by atoms with Crippen LogP contribution in [-0.2, 0) is 6.42 Å². The van der Waals surface area contributed by atoms with E-state index in [0.29, 0.717) is 17.8 Å². The summed E-state index contributed by atoms with van der Waals surface area (Å²) in [4.78, 5) is 4.22. The maximum Gasteiger partial charge on any atom is 0.145 e. The Hall–Kier alpha value is -1.79. The van der Waals surface area contributed by atoms with Crippen molar-refractivity contribution in [3.63, 3.8) is 0 Å². The fraction of sp³-hybridized carbons (Fsp3) is 0.385. The minimum atomic E-state index is -0.276. The monoisotopic (exact) mass is 263 g/mol. The van der Waals surface area contributed by atoms with Crippen molar-refractivity contribution in [1.82, 2.24) is 20.2 Å². The van der Waals surface area contributed by atoms with E-state index in [9.17, 15) is 4.39 Å². The number of hydrazine groups is 1. The quantitative estimate of drug-likeness (QED) is 0.637. The minimum absolute atomic E-state index is 0.175. The summed E-state index contributed by atoms with van der Waals surface area (Å²) in [5.41, 5.74) is 3.29. The third-order valence-corrected chi connectivity index (χ3v) is 2.98. The van der Waals surface area contributed by atoms with Crippen molar-refractivity contribution in [2.24, 2.45) is 5.84 Å². The third-order valence-electron chi connectivity index (χ3n) is 2.98. The van der Waals surface area contributed by atoms with Crippen LogP contribution in [0.4, 0.5) is 4.39 Å². The van der Waals surface area contributed by atoms with E-state index in [1.165, 1.54) is 12.4 Å². The van der Waals surface area contributed by atoms with E-state index in [-0.39, 0.29) is 17.9 Å². The lowest BCUT2D eigenvalue weighted by Crippen LogP contribution is -2.32. The predicted molar refractivity (Wildman–Crippen MR) is 70.6 cm³/mol. The second-order valence-corrected chi connectivity index (χ2v) is 4.67. The largest absolute Gasteiger partial charge is 0.271 e. The van der Waals surface area contributed by atoms with Crippen molar-refractivity contribution in [3.8, 4) is 0 Å². The van der Waals surface area contributed by atoms with E-state index in [1.54, 1.807) is 22.9 Å². The topological polar surface area (TPSA) is 68.8 Å². The molecular formula is C13H18FN5. The third kappa shape index (κ3) is 2.97. The molecule has 0 aliphatic carbocycles. The standard InChI is InChI=1S/C13H18FN5/c1-9(2)19-13(16-8-17-19)12(18-15)7-10-5-3-4-6-11(10)14/h3-6,8-9,12,18H,7,15H2,1-2H3. The molecule has 0 saturated heterocycles. The number of hydrogen-bond acceptors (Lipinski definition) is 4. The molecule has 1 aromatic carbocycles. The van der Waals surface area contributed by atoms with Crippen LogP contribution < -0.4 is 11.3 Å². The van der Waals surface area contributed by atoms with Crippen LogP contribution >= 0.6 is 0 Å². The van der Waals surface area contributed by atoms with E-state index < -0.39 is 0 Å². The van der Waals surface area contributed by atoms with Crippen molar-refractivity contribution in [2.45, 2.75) is 32.4 Å². The molecule has 19 heavy (non-hydrogen) atoms. The molecule has 0 spiro atoms. The van der Waals surface area contributed by atoms with Gasteiger partial charge >= 0.3 is 0 Å². The summed E-state index contributed by atoms with van der Waals surface area (Å²) in [5.74, 6) is 6.05. The van der Waals surface area contributed by atoms with Gasteiger partial charge in [0.1, 0.15) is 18.0 Å². The Morgan fingerprint density at radius 1 is 1.37 bits per heavy atom. The molecule has 2 aromatic rings. The summed E-state index contributed by atoms with van der Waals surface area (Å²) in [5, 5.41) is 4.16. The second-order valence-electron chi connectivity index (χ2n) is 4.67. The first-order valence-corrected chi connectivity index (χ1v) is 6.22. The molecule has 0 amide bonds. The van der Waals surface area contributed by atoms with Crippen LogP contribution in [0.3, 0.4) is 0 Å². The molecule has 0 saturated carbocycles. The summed E-state index contributed by atoms with van der Waals surface area (Å²) < 4.78 is 15.5. The van der Waals surface area contributed by atoms with Gasteiger partial charge in [-0.2, -0.15) is 5.10 Å². The Kier molecular flexibility index (Phi) is 4.24. The van der Waals surface area contributed by atoms with Crippen LogP contribution in [0.5, 0.6) is 0 Å². The molecule has 1 atom stereocenters. The zero-order valence-electron chi connectivity index (χ0n) is 11.0. The maximum absolute atomic E-state index is 13.7. The highest BCUT2D eigenvalue weighted by Crippen LogP contribution is 2.19. The average molecular weight is 263 g/mol. The highest BCUT2D eigenvalue weighted by Gasteiger charge is 2.19. The molecule has 0 aliphatic heterocycles. The molecule has 5 nitrogen and oxygen atoms in total. The molecule has 1 unspecified atom stereocenters. The van der Waals surface area contributed by atoms with Crippen LogP contribution in [0.1, 0.15) is 37.3 Å². The lowest BCUT2D eigenvalue weighted by atomic mass is 10.1. The van der Waals surface area contributed by atoms with Crippen molar-refractivity contribution in [2.75, 3.05) is 0 Å². The van der Waals surface area contributed by atoms with Crippen molar-refractivity contribution < 1.29 is 4.39 Å². The van der Waals surface area contributed by atoms with Gasteiger partial charge in [0.25, 0.3) is 0 Å². The summed E-state index contributed by atoms with van der Waals surface area (Å²) in [6.45, 7) is 4.02. The Bertz CT molecular complexity index is 537. The highest BCUT2D eigenvalue weighted by molar-refractivity contribution is 5.19. The average Bonchev–Trinajstić information content (AvgIpc) is 2.87. The Balaban J connectivity index is 2.26. The predicted octanol–water partition coefficient (Wildman–Crippen LogP) is 1.75. The Morgan fingerprint density at radius 2 is 2.11 bits per heavy atom. The number of nitrogens with one attached hydrogen (secondary N) is 1. The van der Waals surface area contributed by atoms with Gasteiger partial charge in [-0.05, 0) is 31.9 Å². The molecular weight excluding hydrogens is 245 g/mol. The zero-order chi connectivity index (χ0) is 13.8. The second kappa shape index (κ2) is 5.90. The number of rotatable bonds is 5. The molecule has 2 rings (SSSR count). The van der Waals surface area contributed by atoms with Gasteiger partial charge in [0.05, 0.1) is 6.04 Å². The van der Waals surface area contributed by atoms with Gasteiger partial charge in [-0.3, -0.25) is 5.84 Å².